The van der Waals surface area contributed by atoms with Gasteiger partial charge in [-0.3, -0.25) is 19.3 Å². The second-order valence-corrected chi connectivity index (χ2v) is 13.8. The molecule has 8 heterocycles. The van der Waals surface area contributed by atoms with Crippen molar-refractivity contribution in [1.82, 2.24) is 68.7 Å². The van der Waals surface area contributed by atoms with Crippen molar-refractivity contribution in [3.05, 3.63) is 58.5 Å². The highest BCUT2D eigenvalue weighted by molar-refractivity contribution is 5.44. The van der Waals surface area contributed by atoms with Gasteiger partial charge in [-0.15, -0.1) is 10.2 Å². The second kappa shape index (κ2) is 13.7. The van der Waals surface area contributed by atoms with E-state index in [-0.39, 0.29) is 0 Å². The molecular formula is C34H48N16. The van der Waals surface area contributed by atoms with E-state index in [1.807, 2.05) is 72.6 Å². The maximum atomic E-state index is 4.75. The first-order chi connectivity index (χ1) is 24.0. The molecule has 2 saturated heterocycles. The maximum absolute atomic E-state index is 4.75. The highest BCUT2D eigenvalue weighted by Gasteiger charge is 2.26. The Bertz CT molecular complexity index is 1890. The van der Waals surface area contributed by atoms with Crippen LogP contribution in [0.3, 0.4) is 0 Å². The Morgan fingerprint density at radius 2 is 1.00 bits per heavy atom. The van der Waals surface area contributed by atoms with Crippen molar-refractivity contribution in [2.24, 2.45) is 14.1 Å². The van der Waals surface area contributed by atoms with E-state index in [9.17, 15) is 0 Å². The summed E-state index contributed by atoms with van der Waals surface area (Å²) in [4.78, 5) is 32.1. The minimum atomic E-state index is 0.522. The first kappa shape index (κ1) is 33.5. The van der Waals surface area contributed by atoms with E-state index in [2.05, 4.69) is 64.0 Å². The lowest BCUT2D eigenvalue weighted by atomic mass is 10.2. The third kappa shape index (κ3) is 6.62. The Balaban J connectivity index is 0.000000157. The lowest BCUT2D eigenvalue weighted by molar-refractivity contribution is 0.674. The van der Waals surface area contributed by atoms with Crippen LogP contribution in [0.4, 0.5) is 11.9 Å². The fourth-order valence-electron chi connectivity index (χ4n) is 6.88. The number of rotatable bonds is 8. The molecule has 2 atom stereocenters. The molecule has 0 aromatic carbocycles. The van der Waals surface area contributed by atoms with Gasteiger partial charge in [0.2, 0.25) is 11.9 Å². The predicted molar refractivity (Wildman–Crippen MR) is 189 cm³/mol. The van der Waals surface area contributed by atoms with Gasteiger partial charge in [-0.05, 0) is 67.2 Å². The largest absolute Gasteiger partial charge is 0.337 e. The van der Waals surface area contributed by atoms with Crippen molar-refractivity contribution in [3.63, 3.8) is 0 Å². The summed E-state index contributed by atoms with van der Waals surface area (Å²) in [6.07, 6.45) is 11.5. The third-order valence-corrected chi connectivity index (χ3v) is 9.96. The normalized spacial score (nSPS) is 17.8. The van der Waals surface area contributed by atoms with E-state index in [4.69, 9.17) is 9.97 Å². The third-order valence-electron chi connectivity index (χ3n) is 9.96. The molecule has 8 rings (SSSR count). The molecule has 16 nitrogen and oxygen atoms in total. The Morgan fingerprint density at radius 3 is 1.36 bits per heavy atom. The van der Waals surface area contributed by atoms with Crippen LogP contribution >= 0.6 is 0 Å². The zero-order valence-corrected chi connectivity index (χ0v) is 30.5. The van der Waals surface area contributed by atoms with E-state index in [0.29, 0.717) is 12.1 Å². The summed E-state index contributed by atoms with van der Waals surface area (Å²) >= 11 is 0. The summed E-state index contributed by atoms with van der Waals surface area (Å²) < 4.78 is 7.50. The average Bonchev–Trinajstić information content (AvgIpc) is 3.94. The lowest BCUT2D eigenvalue weighted by Crippen LogP contribution is -2.27. The van der Waals surface area contributed by atoms with Crippen molar-refractivity contribution in [3.8, 4) is 0 Å². The highest BCUT2D eigenvalue weighted by atomic mass is 15.4. The first-order valence-electron chi connectivity index (χ1n) is 17.7. The number of anilines is 2. The molecule has 0 spiro atoms. The smallest absolute Gasteiger partial charge is 0.245 e. The summed E-state index contributed by atoms with van der Waals surface area (Å²) in [7, 11) is 3.92. The maximum Gasteiger partial charge on any atom is 0.245 e. The average molecular weight is 681 g/mol. The minimum Gasteiger partial charge on any atom is -0.337 e. The van der Waals surface area contributed by atoms with Crippen LogP contribution in [0.1, 0.15) is 85.6 Å². The van der Waals surface area contributed by atoms with E-state index in [1.54, 1.807) is 0 Å². The molecular weight excluding hydrogens is 632 g/mol. The summed E-state index contributed by atoms with van der Waals surface area (Å²) in [5, 5.41) is 18.4. The molecule has 0 bridgehead atoms. The van der Waals surface area contributed by atoms with Crippen molar-refractivity contribution in [1.29, 1.82) is 0 Å². The van der Waals surface area contributed by atoms with Gasteiger partial charge in [-0.2, -0.15) is 20.2 Å². The molecule has 0 aliphatic carbocycles. The first-order valence-corrected chi connectivity index (χ1v) is 17.7. The second-order valence-electron chi connectivity index (χ2n) is 13.8. The van der Waals surface area contributed by atoms with E-state index < -0.39 is 0 Å². The van der Waals surface area contributed by atoms with Crippen molar-refractivity contribution < 1.29 is 0 Å². The Morgan fingerprint density at radius 1 is 0.580 bits per heavy atom. The van der Waals surface area contributed by atoms with Gasteiger partial charge in [0.25, 0.3) is 0 Å². The van der Waals surface area contributed by atoms with Crippen molar-refractivity contribution in [2.75, 3.05) is 22.9 Å². The molecule has 6 aromatic heterocycles. The number of aryl methyl sites for hydroxylation is 10. The molecule has 0 N–H and O–H groups in total. The van der Waals surface area contributed by atoms with Gasteiger partial charge in [-0.1, -0.05) is 0 Å². The zero-order chi connectivity index (χ0) is 35.1. The molecule has 0 saturated carbocycles. The van der Waals surface area contributed by atoms with Crippen LogP contribution in [0.2, 0.25) is 0 Å². The van der Waals surface area contributed by atoms with Crippen LogP contribution in [0, 0.1) is 27.7 Å². The molecule has 16 heteroatoms. The summed E-state index contributed by atoms with van der Waals surface area (Å²) in [6, 6.07) is 1.04. The van der Waals surface area contributed by atoms with Gasteiger partial charge in [0, 0.05) is 77.3 Å². The molecule has 0 radical (unpaired) electrons. The number of nitrogens with zero attached hydrogens (tertiary/aromatic N) is 16. The SMILES string of the molecule is Cc1ncc(C)n2nc(CCc3nc(N4CCC[C@@H]4C)nn3C)nc12.Cc1ncc(C)n2nc(CCc3nc(N4CCC[C@H]4C)nn3C)nc12. The van der Waals surface area contributed by atoms with Crippen LogP contribution in [0.25, 0.3) is 11.3 Å². The Kier molecular flexibility index (Phi) is 9.18. The quantitative estimate of drug-likeness (QED) is 0.232. The molecule has 0 unspecified atom stereocenters. The zero-order valence-electron chi connectivity index (χ0n) is 30.5. The van der Waals surface area contributed by atoms with Crippen molar-refractivity contribution in [2.45, 2.75) is 105 Å². The molecule has 264 valence electrons. The van der Waals surface area contributed by atoms with Gasteiger partial charge in [0.05, 0.1) is 22.8 Å². The van der Waals surface area contributed by atoms with Crippen LogP contribution in [0.15, 0.2) is 12.4 Å². The Hall–Kier alpha value is -5.02. The number of hydrogen-bond acceptors (Lipinski definition) is 12. The van der Waals surface area contributed by atoms with Gasteiger partial charge in [0.1, 0.15) is 11.6 Å². The summed E-state index contributed by atoms with van der Waals surface area (Å²) in [5.74, 6) is 5.28. The molecule has 0 amide bonds. The van der Waals surface area contributed by atoms with Crippen LogP contribution in [0.5, 0.6) is 0 Å². The van der Waals surface area contributed by atoms with Gasteiger partial charge < -0.3 is 9.80 Å². The fraction of sp³-hybridized carbons (Fsp3) is 0.588. The summed E-state index contributed by atoms with van der Waals surface area (Å²) in [6.45, 7) is 14.5. The standard InChI is InChI=1S/2C17H24N8/c2*1-11-6-5-9-24(11)17-20-15(23(4)22-17)8-7-14-19-16-13(3)18-10-12(2)25(16)21-14/h2*10-11H,5-9H2,1-4H3/t2*11-/m10/s1. The molecule has 50 heavy (non-hydrogen) atoms. The summed E-state index contributed by atoms with van der Waals surface area (Å²) in [5.41, 5.74) is 5.44. The molecule has 2 fully saturated rings. The lowest BCUT2D eigenvalue weighted by Gasteiger charge is -2.18. The monoisotopic (exact) mass is 680 g/mol. The topological polar surface area (TPSA) is 154 Å². The van der Waals surface area contributed by atoms with E-state index in [0.717, 1.165) is 108 Å². The number of fused-ring (bicyclic) bond motifs is 2. The Labute approximate surface area is 292 Å². The number of aromatic nitrogens is 14. The minimum absolute atomic E-state index is 0.522. The number of hydrogen-bond donors (Lipinski definition) is 0. The van der Waals surface area contributed by atoms with Crippen LogP contribution in [-0.4, -0.2) is 93.9 Å². The fourth-order valence-corrected chi connectivity index (χ4v) is 6.88. The molecule has 2 aliphatic heterocycles. The van der Waals surface area contributed by atoms with Gasteiger partial charge >= 0.3 is 0 Å². The van der Waals surface area contributed by atoms with Gasteiger partial charge in [0.15, 0.2) is 22.9 Å². The van der Waals surface area contributed by atoms with E-state index >= 15 is 0 Å². The molecule has 6 aromatic rings. The van der Waals surface area contributed by atoms with Crippen molar-refractivity contribution >= 4 is 23.2 Å². The van der Waals surface area contributed by atoms with Crippen LogP contribution < -0.4 is 9.80 Å². The molecule has 2 aliphatic rings. The predicted octanol–water partition coefficient (Wildman–Crippen LogP) is 3.29. The van der Waals surface area contributed by atoms with Crippen LogP contribution in [-0.2, 0) is 39.8 Å². The van der Waals surface area contributed by atoms with E-state index in [1.165, 1.54) is 25.7 Å². The highest BCUT2D eigenvalue weighted by Crippen LogP contribution is 2.24. The van der Waals surface area contributed by atoms with Gasteiger partial charge in [-0.25, -0.2) is 19.0 Å².